The summed E-state index contributed by atoms with van der Waals surface area (Å²) in [5, 5.41) is 0. The highest BCUT2D eigenvalue weighted by Gasteiger charge is 2.29. The molecule has 1 aliphatic rings. The Labute approximate surface area is 95.8 Å². The Hall–Kier alpha value is -0.670. The predicted octanol–water partition coefficient (Wildman–Crippen LogP) is 2.55. The van der Waals surface area contributed by atoms with Crippen molar-refractivity contribution in [2.75, 3.05) is 18.2 Å². The molecule has 1 heterocycles. The maximum absolute atomic E-state index is 5.93. The van der Waals surface area contributed by atoms with E-state index < -0.39 is 0 Å². The van der Waals surface area contributed by atoms with Gasteiger partial charge < -0.3 is 5.73 Å². The van der Waals surface area contributed by atoms with Gasteiger partial charge in [0.15, 0.2) is 0 Å². The van der Waals surface area contributed by atoms with Crippen molar-refractivity contribution in [1.29, 1.82) is 0 Å². The lowest BCUT2D eigenvalue weighted by Crippen LogP contribution is -2.26. The first-order chi connectivity index (χ1) is 7.07. The van der Waals surface area contributed by atoms with Crippen LogP contribution in [0.3, 0.4) is 0 Å². The molecule has 1 saturated heterocycles. The lowest BCUT2D eigenvalue weighted by Gasteiger charge is -2.18. The highest BCUT2D eigenvalue weighted by molar-refractivity contribution is 8.00. The summed E-state index contributed by atoms with van der Waals surface area (Å²) >= 11 is 2.02. The molecular formula is C12H18N2S. The van der Waals surface area contributed by atoms with Crippen LogP contribution in [0.1, 0.15) is 19.4 Å². The largest absolute Gasteiger partial charge is 0.398 e. The summed E-state index contributed by atoms with van der Waals surface area (Å²) in [6.45, 7) is 6.72. The molecule has 0 aromatic heterocycles. The van der Waals surface area contributed by atoms with Crippen LogP contribution in [-0.4, -0.2) is 22.1 Å². The van der Waals surface area contributed by atoms with Crippen LogP contribution in [-0.2, 0) is 6.54 Å². The van der Waals surface area contributed by atoms with Gasteiger partial charge in [0.05, 0.1) is 0 Å². The van der Waals surface area contributed by atoms with Gasteiger partial charge in [0.1, 0.15) is 0 Å². The Bertz CT molecular complexity index is 349. The highest BCUT2D eigenvalue weighted by Crippen LogP contribution is 2.34. The molecule has 82 valence electrons. The minimum absolute atomic E-state index is 0.392. The van der Waals surface area contributed by atoms with E-state index >= 15 is 0 Å². The van der Waals surface area contributed by atoms with Crippen molar-refractivity contribution in [2.24, 2.45) is 0 Å². The quantitative estimate of drug-likeness (QED) is 0.780. The summed E-state index contributed by atoms with van der Waals surface area (Å²) in [4.78, 5) is 2.45. The molecule has 0 aliphatic carbocycles. The lowest BCUT2D eigenvalue weighted by atomic mass is 10.1. The molecule has 2 N–H and O–H groups in total. The molecule has 0 radical (unpaired) electrons. The predicted molar refractivity (Wildman–Crippen MR) is 67.8 cm³/mol. The van der Waals surface area contributed by atoms with Crippen LogP contribution < -0.4 is 5.73 Å². The second-order valence-electron chi connectivity index (χ2n) is 4.72. The highest BCUT2D eigenvalue weighted by atomic mass is 32.2. The average Bonchev–Trinajstić information content (AvgIpc) is 2.50. The zero-order chi connectivity index (χ0) is 10.9. The Balaban J connectivity index is 2.02. The van der Waals surface area contributed by atoms with Gasteiger partial charge in [-0.1, -0.05) is 18.2 Å². The van der Waals surface area contributed by atoms with E-state index in [0.717, 1.165) is 24.7 Å². The molecule has 1 aliphatic heterocycles. The van der Waals surface area contributed by atoms with E-state index in [2.05, 4.69) is 30.9 Å². The van der Waals surface area contributed by atoms with E-state index in [0.29, 0.717) is 4.75 Å². The maximum atomic E-state index is 5.93. The van der Waals surface area contributed by atoms with Crippen molar-refractivity contribution < 1.29 is 0 Å². The van der Waals surface area contributed by atoms with Gasteiger partial charge in [-0.2, -0.15) is 0 Å². The molecule has 0 spiro atoms. The maximum Gasteiger partial charge on any atom is 0.0454 e. The van der Waals surface area contributed by atoms with Gasteiger partial charge in [0.25, 0.3) is 0 Å². The number of nitrogen functional groups attached to an aromatic ring is 1. The van der Waals surface area contributed by atoms with E-state index in [1.54, 1.807) is 0 Å². The van der Waals surface area contributed by atoms with E-state index in [1.807, 2.05) is 23.9 Å². The number of hydrogen-bond donors (Lipinski definition) is 1. The smallest absolute Gasteiger partial charge is 0.0454 e. The zero-order valence-electron chi connectivity index (χ0n) is 9.36. The molecule has 2 rings (SSSR count). The van der Waals surface area contributed by atoms with Crippen molar-refractivity contribution in [1.82, 2.24) is 4.90 Å². The van der Waals surface area contributed by atoms with E-state index in [-0.39, 0.29) is 0 Å². The van der Waals surface area contributed by atoms with Gasteiger partial charge in [0, 0.05) is 29.4 Å². The first kappa shape index (κ1) is 10.8. The molecule has 0 amide bonds. The number of nitrogens with zero attached hydrogens (tertiary/aromatic N) is 1. The molecule has 15 heavy (non-hydrogen) atoms. The number of anilines is 1. The first-order valence-electron chi connectivity index (χ1n) is 5.26. The summed E-state index contributed by atoms with van der Waals surface area (Å²) in [5.41, 5.74) is 8.09. The van der Waals surface area contributed by atoms with Crippen molar-refractivity contribution in [2.45, 2.75) is 25.1 Å². The number of nitrogens with two attached hydrogens (primary N) is 1. The van der Waals surface area contributed by atoms with Crippen LogP contribution in [0, 0.1) is 0 Å². The SMILES string of the molecule is CC1(C)CN(Cc2ccccc2N)CS1. The van der Waals surface area contributed by atoms with Crippen LogP contribution in [0.5, 0.6) is 0 Å². The topological polar surface area (TPSA) is 29.3 Å². The van der Waals surface area contributed by atoms with Crippen LogP contribution in [0.15, 0.2) is 24.3 Å². The first-order valence-corrected chi connectivity index (χ1v) is 6.25. The fraction of sp³-hybridized carbons (Fsp3) is 0.500. The summed E-state index contributed by atoms with van der Waals surface area (Å²) in [6.07, 6.45) is 0. The lowest BCUT2D eigenvalue weighted by molar-refractivity contribution is 0.314. The Morgan fingerprint density at radius 2 is 2.13 bits per heavy atom. The Morgan fingerprint density at radius 1 is 1.40 bits per heavy atom. The van der Waals surface area contributed by atoms with Gasteiger partial charge in [0.2, 0.25) is 0 Å². The second kappa shape index (κ2) is 4.06. The Kier molecular flexibility index (Phi) is 2.94. The van der Waals surface area contributed by atoms with Crippen LogP contribution in [0.4, 0.5) is 5.69 Å². The third kappa shape index (κ3) is 2.67. The molecule has 1 aromatic carbocycles. The van der Waals surface area contributed by atoms with Crippen LogP contribution >= 0.6 is 11.8 Å². The second-order valence-corrected chi connectivity index (χ2v) is 6.37. The van der Waals surface area contributed by atoms with Gasteiger partial charge in [-0.05, 0) is 25.5 Å². The molecular weight excluding hydrogens is 204 g/mol. The number of hydrogen-bond acceptors (Lipinski definition) is 3. The van der Waals surface area contributed by atoms with Crippen molar-refractivity contribution >= 4 is 17.4 Å². The van der Waals surface area contributed by atoms with Crippen molar-refractivity contribution in [3.8, 4) is 0 Å². The molecule has 0 unspecified atom stereocenters. The van der Waals surface area contributed by atoms with Crippen molar-refractivity contribution in [3.63, 3.8) is 0 Å². The molecule has 1 aromatic rings. The van der Waals surface area contributed by atoms with Gasteiger partial charge in [-0.15, -0.1) is 11.8 Å². The van der Waals surface area contributed by atoms with Crippen LogP contribution in [0.25, 0.3) is 0 Å². The van der Waals surface area contributed by atoms with Gasteiger partial charge in [-0.25, -0.2) is 0 Å². The molecule has 2 nitrogen and oxygen atoms in total. The monoisotopic (exact) mass is 222 g/mol. The molecule has 0 bridgehead atoms. The molecule has 0 saturated carbocycles. The molecule has 3 heteroatoms. The fourth-order valence-corrected chi connectivity index (χ4v) is 2.90. The average molecular weight is 222 g/mol. The number of para-hydroxylation sites is 1. The summed E-state index contributed by atoms with van der Waals surface area (Å²) < 4.78 is 0.392. The van der Waals surface area contributed by atoms with Gasteiger partial charge in [-0.3, -0.25) is 4.90 Å². The van der Waals surface area contributed by atoms with Crippen molar-refractivity contribution in [3.05, 3.63) is 29.8 Å². The van der Waals surface area contributed by atoms with E-state index in [4.69, 9.17) is 5.73 Å². The molecule has 0 atom stereocenters. The summed E-state index contributed by atoms with van der Waals surface area (Å²) in [6, 6.07) is 8.14. The van der Waals surface area contributed by atoms with Crippen LogP contribution in [0.2, 0.25) is 0 Å². The summed E-state index contributed by atoms with van der Waals surface area (Å²) in [5.74, 6) is 1.11. The normalized spacial score (nSPS) is 20.7. The third-order valence-corrected chi connectivity index (χ3v) is 4.10. The number of benzene rings is 1. The fourth-order valence-electron chi connectivity index (χ4n) is 1.92. The molecule has 1 fully saturated rings. The van der Waals surface area contributed by atoms with E-state index in [9.17, 15) is 0 Å². The minimum Gasteiger partial charge on any atom is -0.398 e. The number of rotatable bonds is 2. The standard InChI is InChI=1S/C12H18N2S/c1-12(2)8-14(9-15-12)7-10-5-3-4-6-11(10)13/h3-6H,7-9,13H2,1-2H3. The minimum atomic E-state index is 0.392. The summed E-state index contributed by atoms with van der Waals surface area (Å²) in [7, 11) is 0. The Morgan fingerprint density at radius 3 is 2.73 bits per heavy atom. The van der Waals surface area contributed by atoms with E-state index in [1.165, 1.54) is 5.56 Å². The third-order valence-electron chi connectivity index (χ3n) is 2.69. The van der Waals surface area contributed by atoms with Gasteiger partial charge >= 0.3 is 0 Å². The number of thioether (sulfide) groups is 1. The zero-order valence-corrected chi connectivity index (χ0v) is 10.2.